The van der Waals surface area contributed by atoms with E-state index in [0.29, 0.717) is 5.75 Å². The smallest absolute Gasteiger partial charge is 0.326 e. The van der Waals surface area contributed by atoms with E-state index in [2.05, 4.69) is 16.0 Å². The Hall–Kier alpha value is -3.65. The van der Waals surface area contributed by atoms with E-state index in [1.54, 1.807) is 36.6 Å². The highest BCUT2D eigenvalue weighted by molar-refractivity contribution is 7.98. The zero-order valence-corrected chi connectivity index (χ0v) is 20.6. The third-order valence-corrected chi connectivity index (χ3v) is 5.58. The largest absolute Gasteiger partial charge is 0.480 e. The van der Waals surface area contributed by atoms with Gasteiger partial charge >= 0.3 is 5.97 Å². The second kappa shape index (κ2) is 15.4. The Morgan fingerprint density at radius 3 is 1.75 bits per heavy atom. The van der Waals surface area contributed by atoms with E-state index in [1.165, 1.54) is 11.8 Å². The van der Waals surface area contributed by atoms with Gasteiger partial charge in [0, 0.05) is 0 Å². The molecule has 0 spiro atoms. The van der Waals surface area contributed by atoms with Gasteiger partial charge in [-0.15, -0.1) is 0 Å². The molecule has 198 valence electrons. The van der Waals surface area contributed by atoms with Gasteiger partial charge in [-0.05, 0) is 30.4 Å². The third kappa shape index (κ3) is 11.2. The molecule has 0 fully saturated rings. The Labute approximate surface area is 212 Å². The molecule has 13 nitrogen and oxygen atoms in total. The molecule has 0 aliphatic heterocycles. The first kappa shape index (κ1) is 30.4. The average molecular weight is 525 g/mol. The van der Waals surface area contributed by atoms with Crippen molar-refractivity contribution in [3.8, 4) is 0 Å². The molecule has 4 atom stereocenters. The molecular weight excluding hydrogens is 492 g/mol. The number of primary amides is 2. The van der Waals surface area contributed by atoms with Crippen LogP contribution in [-0.4, -0.2) is 76.8 Å². The topological polar surface area (TPSA) is 237 Å². The number of rotatable bonds is 16. The van der Waals surface area contributed by atoms with Gasteiger partial charge in [0.2, 0.25) is 29.5 Å². The number of aliphatic carboxylic acids is 1. The van der Waals surface area contributed by atoms with E-state index < -0.39 is 72.5 Å². The second-order valence-corrected chi connectivity index (χ2v) is 8.93. The summed E-state index contributed by atoms with van der Waals surface area (Å²) < 4.78 is 0. The molecule has 4 unspecified atom stereocenters. The van der Waals surface area contributed by atoms with E-state index in [0.717, 1.165) is 5.56 Å². The lowest BCUT2D eigenvalue weighted by molar-refractivity contribution is -0.142. The van der Waals surface area contributed by atoms with Gasteiger partial charge in [-0.3, -0.25) is 24.0 Å². The Balaban J connectivity index is 2.96. The van der Waals surface area contributed by atoms with Crippen molar-refractivity contribution in [2.24, 2.45) is 17.2 Å². The summed E-state index contributed by atoms with van der Waals surface area (Å²) in [6.07, 6.45) is 0.731. The molecule has 0 saturated carbocycles. The molecule has 1 aromatic carbocycles. The zero-order chi connectivity index (χ0) is 27.3. The first-order valence-corrected chi connectivity index (χ1v) is 12.3. The van der Waals surface area contributed by atoms with Crippen LogP contribution in [0, 0.1) is 0 Å². The highest BCUT2D eigenvalue weighted by Crippen LogP contribution is 2.05. The van der Waals surface area contributed by atoms with Gasteiger partial charge in [-0.25, -0.2) is 4.79 Å². The number of carbonyl (C=O) groups excluding carboxylic acids is 5. The lowest BCUT2D eigenvalue weighted by Gasteiger charge is -2.24. The van der Waals surface area contributed by atoms with E-state index in [4.69, 9.17) is 17.2 Å². The molecule has 0 saturated heterocycles. The summed E-state index contributed by atoms with van der Waals surface area (Å²) in [6.45, 7) is 0. The van der Waals surface area contributed by atoms with E-state index in [-0.39, 0.29) is 12.8 Å². The van der Waals surface area contributed by atoms with Crippen LogP contribution in [0.3, 0.4) is 0 Å². The minimum absolute atomic E-state index is 0.0964. The maximum atomic E-state index is 12.9. The summed E-state index contributed by atoms with van der Waals surface area (Å²) in [5.41, 5.74) is 17.1. The molecule has 1 rings (SSSR count). The second-order valence-electron chi connectivity index (χ2n) is 7.94. The average Bonchev–Trinajstić information content (AvgIpc) is 2.80. The van der Waals surface area contributed by atoms with Crippen LogP contribution in [0.5, 0.6) is 0 Å². The van der Waals surface area contributed by atoms with Crippen molar-refractivity contribution in [3.63, 3.8) is 0 Å². The number of thioether (sulfide) groups is 1. The molecule has 0 aromatic heterocycles. The maximum Gasteiger partial charge on any atom is 0.326 e. The molecule has 36 heavy (non-hydrogen) atoms. The molecular formula is C22H32N6O7S. The lowest BCUT2D eigenvalue weighted by atomic mass is 10.0. The van der Waals surface area contributed by atoms with Crippen molar-refractivity contribution >= 4 is 47.3 Å². The number of nitrogens with two attached hydrogens (primary N) is 3. The third-order valence-electron chi connectivity index (χ3n) is 4.94. The number of hydrogen-bond donors (Lipinski definition) is 7. The molecule has 0 heterocycles. The van der Waals surface area contributed by atoms with Gasteiger partial charge < -0.3 is 38.3 Å². The van der Waals surface area contributed by atoms with Gasteiger partial charge in [-0.1, -0.05) is 30.3 Å². The molecule has 0 aliphatic carbocycles. The van der Waals surface area contributed by atoms with Crippen LogP contribution < -0.4 is 33.2 Å². The van der Waals surface area contributed by atoms with Crippen molar-refractivity contribution < 1.29 is 33.9 Å². The van der Waals surface area contributed by atoms with Gasteiger partial charge in [0.25, 0.3) is 0 Å². The number of carbonyl (C=O) groups is 6. The Bertz CT molecular complexity index is 946. The summed E-state index contributed by atoms with van der Waals surface area (Å²) in [4.78, 5) is 72.5. The van der Waals surface area contributed by atoms with Crippen LogP contribution in [0.4, 0.5) is 0 Å². The monoisotopic (exact) mass is 524 g/mol. The standard InChI is InChI=1S/C22H32N6O7S/c1-36-8-7-14(22(34)35)26-20(32)16(11-18(25)30)28-21(33)15(10-17(24)29)27-19(31)13(23)9-12-5-3-2-4-6-12/h2-6,13-16H,7-11,23H2,1H3,(H2,24,29)(H2,25,30)(H,26,32)(H,27,31)(H,28,33)(H,34,35). The van der Waals surface area contributed by atoms with Crippen LogP contribution in [0.1, 0.15) is 24.8 Å². The van der Waals surface area contributed by atoms with Crippen molar-refractivity contribution in [2.45, 2.75) is 49.9 Å². The fourth-order valence-electron chi connectivity index (χ4n) is 3.10. The van der Waals surface area contributed by atoms with Crippen molar-refractivity contribution in [1.82, 2.24) is 16.0 Å². The number of hydrogen-bond acceptors (Lipinski definition) is 8. The molecule has 0 aliphatic rings. The van der Waals surface area contributed by atoms with Crippen LogP contribution in [0.25, 0.3) is 0 Å². The fourth-order valence-corrected chi connectivity index (χ4v) is 3.57. The minimum Gasteiger partial charge on any atom is -0.480 e. The van der Waals surface area contributed by atoms with E-state index in [1.807, 2.05) is 0 Å². The number of carboxylic acids is 1. The first-order valence-electron chi connectivity index (χ1n) is 10.9. The highest BCUT2D eigenvalue weighted by Gasteiger charge is 2.31. The number of amides is 5. The lowest BCUT2D eigenvalue weighted by Crippen LogP contribution is -2.58. The predicted molar refractivity (Wildman–Crippen MR) is 132 cm³/mol. The summed E-state index contributed by atoms with van der Waals surface area (Å²) >= 11 is 1.37. The van der Waals surface area contributed by atoms with Crippen LogP contribution in [0.15, 0.2) is 30.3 Å². The predicted octanol–water partition coefficient (Wildman–Crippen LogP) is -2.40. The summed E-state index contributed by atoms with van der Waals surface area (Å²) in [5, 5.41) is 16.1. The van der Waals surface area contributed by atoms with Crippen molar-refractivity contribution in [3.05, 3.63) is 35.9 Å². The Kier molecular flexibility index (Phi) is 13.0. The van der Waals surface area contributed by atoms with Crippen molar-refractivity contribution in [2.75, 3.05) is 12.0 Å². The summed E-state index contributed by atoms with van der Waals surface area (Å²) in [7, 11) is 0. The normalized spacial score (nSPS) is 13.9. The number of nitrogens with one attached hydrogen (secondary N) is 3. The number of carboxylic acid groups (broad SMARTS) is 1. The molecule has 10 N–H and O–H groups in total. The van der Waals surface area contributed by atoms with Gasteiger partial charge in [0.1, 0.15) is 18.1 Å². The summed E-state index contributed by atoms with van der Waals surface area (Å²) in [5.74, 6) is -5.48. The van der Waals surface area contributed by atoms with Crippen LogP contribution in [0.2, 0.25) is 0 Å². The molecule has 14 heteroatoms. The first-order chi connectivity index (χ1) is 16.9. The SMILES string of the molecule is CSCCC(NC(=O)C(CC(N)=O)NC(=O)C(CC(N)=O)NC(=O)C(N)Cc1ccccc1)C(=O)O. The molecule has 5 amide bonds. The maximum absolute atomic E-state index is 12.9. The molecule has 1 aromatic rings. The van der Waals surface area contributed by atoms with Crippen molar-refractivity contribution in [1.29, 1.82) is 0 Å². The van der Waals surface area contributed by atoms with Crippen LogP contribution >= 0.6 is 11.8 Å². The van der Waals surface area contributed by atoms with Gasteiger partial charge in [-0.2, -0.15) is 11.8 Å². The quantitative estimate of drug-likeness (QED) is 0.122. The molecule has 0 radical (unpaired) electrons. The summed E-state index contributed by atoms with van der Waals surface area (Å²) in [6, 6.07) is 3.45. The van der Waals surface area contributed by atoms with Crippen LogP contribution in [-0.2, 0) is 35.2 Å². The van der Waals surface area contributed by atoms with Gasteiger partial charge in [0.15, 0.2) is 0 Å². The van der Waals surface area contributed by atoms with Gasteiger partial charge in [0.05, 0.1) is 18.9 Å². The fraction of sp³-hybridized carbons (Fsp3) is 0.455. The van der Waals surface area contributed by atoms with E-state index in [9.17, 15) is 33.9 Å². The minimum atomic E-state index is -1.56. The Morgan fingerprint density at radius 1 is 0.833 bits per heavy atom. The highest BCUT2D eigenvalue weighted by atomic mass is 32.2. The molecule has 0 bridgehead atoms. The van der Waals surface area contributed by atoms with E-state index >= 15 is 0 Å². The number of benzene rings is 1. The Morgan fingerprint density at radius 2 is 1.31 bits per heavy atom. The zero-order valence-electron chi connectivity index (χ0n) is 19.8.